The summed E-state index contributed by atoms with van der Waals surface area (Å²) in [5.41, 5.74) is 0.312. The SMILES string of the molecule is CC1(C)CCC(O)C(CO)C1. The summed E-state index contributed by atoms with van der Waals surface area (Å²) in [5, 5.41) is 18.4. The third kappa shape index (κ3) is 2.17. The highest BCUT2D eigenvalue weighted by Crippen LogP contribution is 2.38. The van der Waals surface area contributed by atoms with Crippen LogP contribution in [-0.4, -0.2) is 22.9 Å². The van der Waals surface area contributed by atoms with Gasteiger partial charge in [-0.2, -0.15) is 0 Å². The van der Waals surface area contributed by atoms with E-state index >= 15 is 0 Å². The molecule has 0 heterocycles. The minimum Gasteiger partial charge on any atom is -0.396 e. The second kappa shape index (κ2) is 3.11. The van der Waals surface area contributed by atoms with Crippen molar-refractivity contribution >= 4 is 0 Å². The molecule has 0 spiro atoms. The summed E-state index contributed by atoms with van der Waals surface area (Å²) < 4.78 is 0. The van der Waals surface area contributed by atoms with Crippen LogP contribution in [0.4, 0.5) is 0 Å². The lowest BCUT2D eigenvalue weighted by atomic mass is 9.71. The standard InChI is InChI=1S/C9H18O2/c1-9(2)4-3-8(11)7(5-9)6-10/h7-8,10-11H,3-6H2,1-2H3. The van der Waals surface area contributed by atoms with E-state index in [1.54, 1.807) is 0 Å². The molecule has 1 aliphatic carbocycles. The van der Waals surface area contributed by atoms with Gasteiger partial charge in [0.25, 0.3) is 0 Å². The van der Waals surface area contributed by atoms with Gasteiger partial charge in [-0.1, -0.05) is 13.8 Å². The van der Waals surface area contributed by atoms with Crippen LogP contribution in [0.15, 0.2) is 0 Å². The highest BCUT2D eigenvalue weighted by atomic mass is 16.3. The average Bonchev–Trinajstić information content (AvgIpc) is 1.94. The summed E-state index contributed by atoms with van der Waals surface area (Å²) in [6, 6.07) is 0. The topological polar surface area (TPSA) is 40.5 Å². The summed E-state index contributed by atoms with van der Waals surface area (Å²) in [4.78, 5) is 0. The fourth-order valence-electron chi connectivity index (χ4n) is 1.91. The number of aliphatic hydroxyl groups excluding tert-OH is 2. The van der Waals surface area contributed by atoms with Crippen LogP contribution in [0.5, 0.6) is 0 Å². The van der Waals surface area contributed by atoms with Gasteiger partial charge in [-0.15, -0.1) is 0 Å². The van der Waals surface area contributed by atoms with E-state index in [9.17, 15) is 5.11 Å². The Labute approximate surface area is 68.2 Å². The zero-order valence-corrected chi connectivity index (χ0v) is 7.38. The second-order valence-electron chi connectivity index (χ2n) is 4.42. The molecule has 0 saturated heterocycles. The third-order valence-corrected chi connectivity index (χ3v) is 2.71. The molecule has 1 fully saturated rings. The van der Waals surface area contributed by atoms with E-state index < -0.39 is 0 Å². The molecule has 2 nitrogen and oxygen atoms in total. The molecule has 2 atom stereocenters. The van der Waals surface area contributed by atoms with Gasteiger partial charge < -0.3 is 10.2 Å². The first-order chi connectivity index (χ1) is 5.05. The molecule has 0 radical (unpaired) electrons. The fraction of sp³-hybridized carbons (Fsp3) is 1.00. The predicted octanol–water partition coefficient (Wildman–Crippen LogP) is 1.17. The molecule has 1 rings (SSSR count). The van der Waals surface area contributed by atoms with Gasteiger partial charge >= 0.3 is 0 Å². The molecule has 2 unspecified atom stereocenters. The van der Waals surface area contributed by atoms with Crippen molar-refractivity contribution in [3.8, 4) is 0 Å². The Morgan fingerprint density at radius 1 is 1.45 bits per heavy atom. The lowest BCUT2D eigenvalue weighted by molar-refractivity contribution is -0.00502. The van der Waals surface area contributed by atoms with E-state index in [4.69, 9.17) is 5.11 Å². The van der Waals surface area contributed by atoms with Crippen molar-refractivity contribution in [2.75, 3.05) is 6.61 Å². The molecule has 0 amide bonds. The molecule has 0 aromatic carbocycles. The maximum absolute atomic E-state index is 9.44. The van der Waals surface area contributed by atoms with Gasteiger partial charge in [0.2, 0.25) is 0 Å². The molecule has 2 N–H and O–H groups in total. The van der Waals surface area contributed by atoms with Crippen LogP contribution in [0.25, 0.3) is 0 Å². The number of hydrogen-bond acceptors (Lipinski definition) is 2. The Hall–Kier alpha value is -0.0800. The van der Waals surface area contributed by atoms with Gasteiger partial charge in [0.05, 0.1) is 6.10 Å². The van der Waals surface area contributed by atoms with E-state index in [2.05, 4.69) is 13.8 Å². The van der Waals surface area contributed by atoms with Crippen LogP contribution < -0.4 is 0 Å². The minimum absolute atomic E-state index is 0.110. The van der Waals surface area contributed by atoms with E-state index in [0.29, 0.717) is 5.41 Å². The molecular formula is C9H18O2. The van der Waals surface area contributed by atoms with Gasteiger partial charge in [-0.05, 0) is 24.7 Å². The summed E-state index contributed by atoms with van der Waals surface area (Å²) in [5.74, 6) is 0.110. The molecule has 0 aromatic rings. The van der Waals surface area contributed by atoms with E-state index in [1.807, 2.05) is 0 Å². The van der Waals surface area contributed by atoms with Gasteiger partial charge in [0.15, 0.2) is 0 Å². The highest BCUT2D eigenvalue weighted by Gasteiger charge is 2.33. The van der Waals surface area contributed by atoms with Crippen molar-refractivity contribution in [3.63, 3.8) is 0 Å². The van der Waals surface area contributed by atoms with Crippen molar-refractivity contribution in [2.24, 2.45) is 11.3 Å². The maximum atomic E-state index is 9.44. The smallest absolute Gasteiger partial charge is 0.0590 e. The number of rotatable bonds is 1. The molecule has 0 aromatic heterocycles. The molecule has 66 valence electrons. The predicted molar refractivity (Wildman–Crippen MR) is 44.2 cm³/mol. The van der Waals surface area contributed by atoms with Crippen molar-refractivity contribution in [1.29, 1.82) is 0 Å². The Bertz CT molecular complexity index is 132. The fourth-order valence-corrected chi connectivity index (χ4v) is 1.91. The Morgan fingerprint density at radius 3 is 2.55 bits per heavy atom. The largest absolute Gasteiger partial charge is 0.396 e. The first-order valence-corrected chi connectivity index (χ1v) is 4.34. The van der Waals surface area contributed by atoms with Crippen LogP contribution in [0, 0.1) is 11.3 Å². The van der Waals surface area contributed by atoms with Crippen LogP contribution >= 0.6 is 0 Å². The maximum Gasteiger partial charge on any atom is 0.0590 e. The third-order valence-electron chi connectivity index (χ3n) is 2.71. The van der Waals surface area contributed by atoms with Crippen LogP contribution in [0.1, 0.15) is 33.1 Å². The number of aliphatic hydroxyl groups is 2. The lowest BCUT2D eigenvalue weighted by Crippen LogP contribution is -2.35. The van der Waals surface area contributed by atoms with Crippen molar-refractivity contribution in [1.82, 2.24) is 0 Å². The summed E-state index contributed by atoms with van der Waals surface area (Å²) in [6.07, 6.45) is 2.60. The van der Waals surface area contributed by atoms with Gasteiger partial charge in [0.1, 0.15) is 0 Å². The molecule has 1 saturated carbocycles. The minimum atomic E-state index is -0.270. The zero-order chi connectivity index (χ0) is 8.48. The molecule has 0 aliphatic heterocycles. The second-order valence-corrected chi connectivity index (χ2v) is 4.42. The Kier molecular flexibility index (Phi) is 2.55. The van der Waals surface area contributed by atoms with E-state index in [1.165, 1.54) is 0 Å². The average molecular weight is 158 g/mol. The van der Waals surface area contributed by atoms with Crippen LogP contribution in [-0.2, 0) is 0 Å². The molecule has 1 aliphatic rings. The number of hydrogen-bond donors (Lipinski definition) is 2. The summed E-state index contributed by atoms with van der Waals surface area (Å²) >= 11 is 0. The monoisotopic (exact) mass is 158 g/mol. The zero-order valence-electron chi connectivity index (χ0n) is 7.38. The quantitative estimate of drug-likeness (QED) is 0.601. The van der Waals surface area contributed by atoms with Crippen LogP contribution in [0.3, 0.4) is 0 Å². The van der Waals surface area contributed by atoms with Crippen molar-refractivity contribution in [3.05, 3.63) is 0 Å². The van der Waals surface area contributed by atoms with Crippen LogP contribution in [0.2, 0.25) is 0 Å². The Morgan fingerprint density at radius 2 is 2.09 bits per heavy atom. The van der Waals surface area contributed by atoms with E-state index in [-0.39, 0.29) is 18.6 Å². The molecule has 0 bridgehead atoms. The van der Waals surface area contributed by atoms with Gasteiger partial charge in [-0.3, -0.25) is 0 Å². The van der Waals surface area contributed by atoms with Crippen molar-refractivity contribution < 1.29 is 10.2 Å². The lowest BCUT2D eigenvalue weighted by Gasteiger charge is -2.37. The first kappa shape index (κ1) is 9.01. The van der Waals surface area contributed by atoms with Gasteiger partial charge in [-0.25, -0.2) is 0 Å². The van der Waals surface area contributed by atoms with Gasteiger partial charge in [0, 0.05) is 12.5 Å². The highest BCUT2D eigenvalue weighted by molar-refractivity contribution is 4.84. The first-order valence-electron chi connectivity index (χ1n) is 4.34. The summed E-state index contributed by atoms with van der Waals surface area (Å²) in [6.45, 7) is 4.52. The normalized spacial score (nSPS) is 37.1. The molecule has 2 heteroatoms. The van der Waals surface area contributed by atoms with E-state index in [0.717, 1.165) is 19.3 Å². The molecule has 11 heavy (non-hydrogen) atoms. The molecular weight excluding hydrogens is 140 g/mol. The summed E-state index contributed by atoms with van der Waals surface area (Å²) in [7, 11) is 0. The van der Waals surface area contributed by atoms with Crippen molar-refractivity contribution in [2.45, 2.75) is 39.2 Å². The Balaban J connectivity index is 2.51.